The summed E-state index contributed by atoms with van der Waals surface area (Å²) in [5.74, 6) is -1.08. The number of hydrogen-bond donors (Lipinski definition) is 1. The van der Waals surface area contributed by atoms with E-state index in [0.29, 0.717) is 13.1 Å². The van der Waals surface area contributed by atoms with Gasteiger partial charge in [-0.3, -0.25) is 4.79 Å². The van der Waals surface area contributed by atoms with Crippen molar-refractivity contribution in [3.05, 3.63) is 18.0 Å². The molecule has 1 aromatic heterocycles. The van der Waals surface area contributed by atoms with Crippen molar-refractivity contribution < 1.29 is 22.7 Å². The third kappa shape index (κ3) is 4.15. The van der Waals surface area contributed by atoms with Crippen molar-refractivity contribution in [2.24, 2.45) is 7.05 Å². The van der Waals surface area contributed by atoms with Gasteiger partial charge in [-0.15, -0.1) is 0 Å². The molecule has 0 atom stereocenters. The molecule has 1 aromatic rings. The van der Waals surface area contributed by atoms with Crippen molar-refractivity contribution in [1.29, 1.82) is 0 Å². The summed E-state index contributed by atoms with van der Waals surface area (Å²) < 4.78 is 32.6. The first kappa shape index (κ1) is 18.5. The van der Waals surface area contributed by atoms with Gasteiger partial charge < -0.3 is 14.6 Å². The normalized spacial score (nSPS) is 14.7. The highest BCUT2D eigenvalue weighted by atomic mass is 32.2. The van der Waals surface area contributed by atoms with Gasteiger partial charge in [0, 0.05) is 32.4 Å². The molecule has 24 heavy (non-hydrogen) atoms. The van der Waals surface area contributed by atoms with Crippen LogP contribution in [0.5, 0.6) is 0 Å². The van der Waals surface area contributed by atoms with Gasteiger partial charge >= 0.3 is 5.97 Å². The molecule has 2 rings (SSSR count). The number of sulfonamides is 1. The molecule has 0 unspecified atom stereocenters. The zero-order valence-corrected chi connectivity index (χ0v) is 14.9. The Morgan fingerprint density at radius 3 is 2.50 bits per heavy atom. The number of ether oxygens (including phenoxy) is 1. The SMILES string of the molecule is CCN(CC)S(=O)(=O)c1cc(C(=O)OCC(=O)NC2CC2)n(C)c1. The number of nitrogens with one attached hydrogen (secondary N) is 1. The lowest BCUT2D eigenvalue weighted by atomic mass is 10.4. The molecule has 1 aliphatic carbocycles. The Kier molecular flexibility index (Phi) is 5.66. The van der Waals surface area contributed by atoms with Gasteiger partial charge in [0.05, 0.1) is 0 Å². The maximum atomic E-state index is 12.5. The van der Waals surface area contributed by atoms with Crippen LogP contribution in [0.1, 0.15) is 37.2 Å². The number of carbonyl (C=O) groups is 2. The topological polar surface area (TPSA) is 97.7 Å². The molecule has 1 fully saturated rings. The lowest BCUT2D eigenvalue weighted by Crippen LogP contribution is -2.30. The smallest absolute Gasteiger partial charge is 0.355 e. The second kappa shape index (κ2) is 7.35. The van der Waals surface area contributed by atoms with E-state index < -0.39 is 16.0 Å². The van der Waals surface area contributed by atoms with Gasteiger partial charge in [-0.2, -0.15) is 4.31 Å². The van der Waals surface area contributed by atoms with Crippen molar-refractivity contribution in [1.82, 2.24) is 14.2 Å². The van der Waals surface area contributed by atoms with E-state index in [1.807, 2.05) is 0 Å². The second-order valence-electron chi connectivity index (χ2n) is 5.68. The van der Waals surface area contributed by atoms with Crippen LogP contribution in [0.25, 0.3) is 0 Å². The number of aryl methyl sites for hydroxylation is 1. The maximum absolute atomic E-state index is 12.5. The summed E-state index contributed by atoms with van der Waals surface area (Å²) in [5.41, 5.74) is 0.0833. The first-order valence-electron chi connectivity index (χ1n) is 7.92. The van der Waals surface area contributed by atoms with E-state index in [1.165, 1.54) is 21.1 Å². The molecule has 8 nitrogen and oxygen atoms in total. The lowest BCUT2D eigenvalue weighted by molar-refractivity contribution is -0.124. The second-order valence-corrected chi connectivity index (χ2v) is 7.62. The van der Waals surface area contributed by atoms with Crippen LogP contribution >= 0.6 is 0 Å². The van der Waals surface area contributed by atoms with Crippen LogP contribution in [0.15, 0.2) is 17.2 Å². The van der Waals surface area contributed by atoms with E-state index in [-0.39, 0.29) is 29.1 Å². The quantitative estimate of drug-likeness (QED) is 0.683. The molecule has 9 heteroatoms. The molecule has 0 aromatic carbocycles. The van der Waals surface area contributed by atoms with E-state index in [0.717, 1.165) is 12.8 Å². The monoisotopic (exact) mass is 357 g/mol. The molecule has 0 bridgehead atoms. The van der Waals surface area contributed by atoms with Crippen LogP contribution < -0.4 is 5.32 Å². The van der Waals surface area contributed by atoms with Crippen molar-refractivity contribution in [2.75, 3.05) is 19.7 Å². The first-order chi connectivity index (χ1) is 11.3. The molecule has 1 heterocycles. The Balaban J connectivity index is 2.07. The molecule has 0 spiro atoms. The van der Waals surface area contributed by atoms with E-state index >= 15 is 0 Å². The van der Waals surface area contributed by atoms with Crippen LogP contribution in [0.3, 0.4) is 0 Å². The highest BCUT2D eigenvalue weighted by molar-refractivity contribution is 7.89. The molecular formula is C15H23N3O5S. The number of amides is 1. The minimum Gasteiger partial charge on any atom is -0.451 e. The third-order valence-corrected chi connectivity index (χ3v) is 5.82. The standard InChI is InChI=1S/C15H23N3O5S/c1-4-18(5-2)24(21,22)12-8-13(17(3)9-12)15(20)23-10-14(19)16-11-6-7-11/h8-9,11H,4-7,10H2,1-3H3,(H,16,19). The van der Waals surface area contributed by atoms with Crippen LogP contribution in [0.4, 0.5) is 0 Å². The van der Waals surface area contributed by atoms with Gasteiger partial charge in [0.25, 0.3) is 5.91 Å². The molecule has 0 aliphatic heterocycles. The molecule has 1 saturated carbocycles. The fourth-order valence-corrected chi connectivity index (χ4v) is 3.82. The minimum atomic E-state index is -3.65. The third-order valence-electron chi connectivity index (χ3n) is 3.81. The average molecular weight is 357 g/mol. The summed E-state index contributed by atoms with van der Waals surface area (Å²) >= 11 is 0. The molecule has 1 amide bonds. The Labute approximate surface area is 141 Å². The molecule has 1 aliphatic rings. The summed E-state index contributed by atoms with van der Waals surface area (Å²) in [6.07, 6.45) is 3.27. The highest BCUT2D eigenvalue weighted by Crippen LogP contribution is 2.19. The zero-order chi connectivity index (χ0) is 17.9. The van der Waals surface area contributed by atoms with Gasteiger partial charge in [0.1, 0.15) is 10.6 Å². The summed E-state index contributed by atoms with van der Waals surface area (Å²) in [7, 11) is -2.09. The van der Waals surface area contributed by atoms with E-state index in [9.17, 15) is 18.0 Å². The Bertz CT molecular complexity index is 717. The largest absolute Gasteiger partial charge is 0.451 e. The summed E-state index contributed by atoms with van der Waals surface area (Å²) in [5, 5.41) is 2.71. The van der Waals surface area contributed by atoms with Crippen molar-refractivity contribution >= 4 is 21.9 Å². The lowest BCUT2D eigenvalue weighted by Gasteiger charge is -2.17. The van der Waals surface area contributed by atoms with Crippen molar-refractivity contribution in [3.8, 4) is 0 Å². The number of aromatic nitrogens is 1. The van der Waals surface area contributed by atoms with Gasteiger partial charge in [0.15, 0.2) is 6.61 Å². The first-order valence-corrected chi connectivity index (χ1v) is 9.36. The molecule has 0 saturated heterocycles. The maximum Gasteiger partial charge on any atom is 0.355 e. The van der Waals surface area contributed by atoms with Crippen molar-refractivity contribution in [2.45, 2.75) is 37.6 Å². The zero-order valence-electron chi connectivity index (χ0n) is 14.1. The van der Waals surface area contributed by atoms with Crippen LogP contribution in [-0.4, -0.2) is 54.9 Å². The average Bonchev–Trinajstić information content (AvgIpc) is 3.24. The van der Waals surface area contributed by atoms with Gasteiger partial charge in [-0.25, -0.2) is 13.2 Å². The number of hydrogen-bond acceptors (Lipinski definition) is 5. The van der Waals surface area contributed by atoms with Crippen LogP contribution in [-0.2, 0) is 26.6 Å². The van der Waals surface area contributed by atoms with Gasteiger partial charge in [-0.1, -0.05) is 13.8 Å². The van der Waals surface area contributed by atoms with E-state index in [1.54, 1.807) is 20.9 Å². The predicted molar refractivity (Wildman–Crippen MR) is 87.0 cm³/mol. The Morgan fingerprint density at radius 2 is 1.96 bits per heavy atom. The van der Waals surface area contributed by atoms with Crippen LogP contribution in [0.2, 0.25) is 0 Å². The number of rotatable bonds is 8. The summed E-state index contributed by atoms with van der Waals surface area (Å²) in [6, 6.07) is 1.46. The van der Waals surface area contributed by atoms with Gasteiger partial charge in [0.2, 0.25) is 10.0 Å². The predicted octanol–water partition coefficient (Wildman–Crippen LogP) is 0.491. The Morgan fingerprint density at radius 1 is 1.33 bits per heavy atom. The fourth-order valence-electron chi connectivity index (χ4n) is 2.29. The molecule has 1 N–H and O–H groups in total. The minimum absolute atomic E-state index is 0.0306. The number of esters is 1. The summed E-state index contributed by atoms with van der Waals surface area (Å²) in [4.78, 5) is 23.7. The highest BCUT2D eigenvalue weighted by Gasteiger charge is 2.27. The molecular weight excluding hydrogens is 334 g/mol. The fraction of sp³-hybridized carbons (Fsp3) is 0.600. The molecule has 0 radical (unpaired) electrons. The number of carbonyl (C=O) groups excluding carboxylic acids is 2. The van der Waals surface area contributed by atoms with E-state index in [4.69, 9.17) is 4.74 Å². The summed E-state index contributed by atoms with van der Waals surface area (Å²) in [6.45, 7) is 3.80. The van der Waals surface area contributed by atoms with Crippen LogP contribution in [0, 0.1) is 0 Å². The molecule has 134 valence electrons. The van der Waals surface area contributed by atoms with Crippen molar-refractivity contribution in [3.63, 3.8) is 0 Å². The van der Waals surface area contributed by atoms with Gasteiger partial charge in [-0.05, 0) is 18.9 Å². The van der Waals surface area contributed by atoms with E-state index in [2.05, 4.69) is 5.32 Å². The number of nitrogens with zero attached hydrogens (tertiary/aromatic N) is 2. The Hall–Kier alpha value is -1.87.